The van der Waals surface area contributed by atoms with E-state index in [0.717, 1.165) is 31.1 Å². The normalized spacial score (nSPS) is 16.9. The van der Waals surface area contributed by atoms with E-state index in [-0.39, 0.29) is 0 Å². The van der Waals surface area contributed by atoms with E-state index in [1.54, 1.807) is 17.8 Å². The van der Waals surface area contributed by atoms with Crippen molar-refractivity contribution in [1.29, 1.82) is 0 Å². The second-order valence-corrected chi connectivity index (χ2v) is 5.22. The summed E-state index contributed by atoms with van der Waals surface area (Å²) in [7, 11) is 0. The van der Waals surface area contributed by atoms with Crippen LogP contribution in [0.3, 0.4) is 0 Å². The lowest BCUT2D eigenvalue weighted by Crippen LogP contribution is -2.18. The molecule has 4 N–H and O–H groups in total. The van der Waals surface area contributed by atoms with E-state index < -0.39 is 5.91 Å². The number of carbonyl (C=O) groups excluding carboxylic acids is 1. The lowest BCUT2D eigenvalue weighted by Gasteiger charge is -2.21. The van der Waals surface area contributed by atoms with Crippen LogP contribution < -0.4 is 11.5 Å². The summed E-state index contributed by atoms with van der Waals surface area (Å²) in [5, 5.41) is 1.28. The molecule has 6 heteroatoms. The Morgan fingerprint density at radius 2 is 2.18 bits per heavy atom. The zero-order valence-corrected chi connectivity index (χ0v) is 10.2. The molecule has 0 aromatic carbocycles. The molecule has 0 unspecified atom stereocenters. The number of nitrogens with two attached hydrogens (primary N) is 2. The van der Waals surface area contributed by atoms with Gasteiger partial charge >= 0.3 is 0 Å². The van der Waals surface area contributed by atoms with Crippen molar-refractivity contribution in [3.63, 3.8) is 0 Å². The van der Waals surface area contributed by atoms with Crippen molar-refractivity contribution in [2.75, 3.05) is 18.9 Å². The Kier molecular flexibility index (Phi) is 3.86. The third-order valence-electron chi connectivity index (χ3n) is 2.63. The fourth-order valence-corrected chi connectivity index (χ4v) is 2.76. The topological polar surface area (TPSA) is 91.2 Å². The highest BCUT2D eigenvalue weighted by Gasteiger charge is 2.17. The maximum Gasteiger partial charge on any atom is 0.250 e. The van der Waals surface area contributed by atoms with Crippen LogP contribution in [-0.4, -0.2) is 29.4 Å². The molecule has 0 radical (unpaired) electrons. The number of aromatic nitrogens is 1. The van der Waals surface area contributed by atoms with Gasteiger partial charge in [-0.3, -0.25) is 4.79 Å². The van der Waals surface area contributed by atoms with E-state index in [0.29, 0.717) is 16.5 Å². The van der Waals surface area contributed by atoms with Crippen molar-refractivity contribution >= 4 is 23.4 Å². The first-order valence-electron chi connectivity index (χ1n) is 5.46. The molecule has 1 aliphatic heterocycles. The second kappa shape index (κ2) is 5.37. The Hall–Kier alpha value is -1.27. The number of pyridine rings is 1. The van der Waals surface area contributed by atoms with Crippen molar-refractivity contribution in [2.45, 2.75) is 23.1 Å². The summed E-state index contributed by atoms with van der Waals surface area (Å²) in [6.45, 7) is 1.57. The average Bonchev–Trinajstić information content (AvgIpc) is 2.32. The van der Waals surface area contributed by atoms with E-state index >= 15 is 0 Å². The Morgan fingerprint density at radius 1 is 1.47 bits per heavy atom. The van der Waals surface area contributed by atoms with Gasteiger partial charge in [-0.25, -0.2) is 4.98 Å². The third kappa shape index (κ3) is 3.10. The first-order valence-corrected chi connectivity index (χ1v) is 6.34. The zero-order chi connectivity index (χ0) is 12.3. The van der Waals surface area contributed by atoms with E-state index in [2.05, 4.69) is 4.98 Å². The predicted octanol–water partition coefficient (Wildman–Crippen LogP) is 1.03. The number of nitrogens with zero attached hydrogens (tertiary/aromatic N) is 1. The molecule has 1 aromatic heterocycles. The zero-order valence-electron chi connectivity index (χ0n) is 9.39. The quantitative estimate of drug-likeness (QED) is 0.839. The lowest BCUT2D eigenvalue weighted by atomic mass is 10.2. The Bertz CT molecular complexity index is 419. The monoisotopic (exact) mass is 253 g/mol. The first-order chi connectivity index (χ1) is 8.16. The van der Waals surface area contributed by atoms with E-state index in [9.17, 15) is 4.79 Å². The summed E-state index contributed by atoms with van der Waals surface area (Å²) in [4.78, 5) is 15.4. The highest BCUT2D eigenvalue weighted by Crippen LogP contribution is 2.29. The van der Waals surface area contributed by atoms with E-state index in [4.69, 9.17) is 16.2 Å². The van der Waals surface area contributed by atoms with Gasteiger partial charge in [-0.1, -0.05) is 0 Å². The SMILES string of the molecule is NC(=O)c1cc(SC2CCOCC2)ncc1N. The summed E-state index contributed by atoms with van der Waals surface area (Å²) in [6.07, 6.45) is 3.49. The maximum absolute atomic E-state index is 11.2. The fourth-order valence-electron chi connectivity index (χ4n) is 1.69. The van der Waals surface area contributed by atoms with Crippen molar-refractivity contribution in [1.82, 2.24) is 4.98 Å². The molecule has 1 aliphatic rings. The van der Waals surface area contributed by atoms with Gasteiger partial charge in [0, 0.05) is 18.5 Å². The summed E-state index contributed by atoms with van der Waals surface area (Å²) < 4.78 is 5.29. The standard InChI is InChI=1S/C11H15N3O2S/c12-9-6-14-10(5-8(9)11(13)15)17-7-1-3-16-4-2-7/h5-7H,1-4,12H2,(H2,13,15). The molecule has 2 rings (SSSR count). The molecule has 2 heterocycles. The molecule has 0 spiro atoms. The van der Waals surface area contributed by atoms with Gasteiger partial charge in [0.05, 0.1) is 22.5 Å². The van der Waals surface area contributed by atoms with Crippen LogP contribution in [0.2, 0.25) is 0 Å². The number of ether oxygens (including phenoxy) is 1. The summed E-state index contributed by atoms with van der Waals surface area (Å²) in [6, 6.07) is 1.66. The number of carbonyl (C=O) groups is 1. The largest absolute Gasteiger partial charge is 0.397 e. The van der Waals surface area contributed by atoms with Crippen LogP contribution in [0.5, 0.6) is 0 Å². The lowest BCUT2D eigenvalue weighted by molar-refractivity contribution is 0.0996. The van der Waals surface area contributed by atoms with Gasteiger partial charge in [0.1, 0.15) is 0 Å². The number of rotatable bonds is 3. The third-order valence-corrected chi connectivity index (χ3v) is 3.90. The molecule has 92 valence electrons. The minimum Gasteiger partial charge on any atom is -0.397 e. The number of thioether (sulfide) groups is 1. The Morgan fingerprint density at radius 3 is 2.82 bits per heavy atom. The molecule has 0 saturated carbocycles. The van der Waals surface area contributed by atoms with Crippen molar-refractivity contribution in [3.05, 3.63) is 17.8 Å². The van der Waals surface area contributed by atoms with Gasteiger partial charge in [0.2, 0.25) is 0 Å². The predicted molar refractivity (Wildman–Crippen MR) is 66.9 cm³/mol. The summed E-state index contributed by atoms with van der Waals surface area (Å²) in [5.74, 6) is -0.515. The van der Waals surface area contributed by atoms with Gasteiger partial charge in [-0.15, -0.1) is 11.8 Å². The molecular formula is C11H15N3O2S. The van der Waals surface area contributed by atoms with Crippen LogP contribution in [0.1, 0.15) is 23.2 Å². The van der Waals surface area contributed by atoms with Gasteiger partial charge in [-0.05, 0) is 18.9 Å². The minimum absolute atomic E-state index is 0.328. The molecule has 1 fully saturated rings. The first kappa shape index (κ1) is 12.2. The van der Waals surface area contributed by atoms with Crippen LogP contribution in [-0.2, 0) is 4.74 Å². The Labute approximate surface area is 104 Å². The number of nitrogen functional groups attached to an aromatic ring is 1. The van der Waals surface area contributed by atoms with Crippen LogP contribution in [0.15, 0.2) is 17.3 Å². The van der Waals surface area contributed by atoms with Crippen LogP contribution in [0, 0.1) is 0 Å². The molecule has 5 nitrogen and oxygen atoms in total. The Balaban J connectivity index is 2.10. The highest BCUT2D eigenvalue weighted by molar-refractivity contribution is 7.99. The molecule has 1 saturated heterocycles. The second-order valence-electron chi connectivity index (χ2n) is 3.90. The molecule has 0 atom stereocenters. The number of anilines is 1. The van der Waals surface area contributed by atoms with E-state index in [1.165, 1.54) is 6.20 Å². The number of hydrogen-bond donors (Lipinski definition) is 2. The number of amides is 1. The van der Waals surface area contributed by atoms with Gasteiger partial charge < -0.3 is 16.2 Å². The highest BCUT2D eigenvalue weighted by atomic mass is 32.2. The molecule has 1 aromatic rings. The summed E-state index contributed by atoms with van der Waals surface area (Å²) in [5.41, 5.74) is 11.5. The van der Waals surface area contributed by atoms with Crippen LogP contribution in [0.4, 0.5) is 5.69 Å². The smallest absolute Gasteiger partial charge is 0.250 e. The molecule has 0 aliphatic carbocycles. The van der Waals surface area contributed by atoms with Crippen molar-refractivity contribution in [2.24, 2.45) is 5.73 Å². The molecule has 0 bridgehead atoms. The maximum atomic E-state index is 11.2. The number of primary amides is 1. The summed E-state index contributed by atoms with van der Waals surface area (Å²) >= 11 is 1.65. The minimum atomic E-state index is -0.515. The van der Waals surface area contributed by atoms with Gasteiger partial charge in [0.15, 0.2) is 0 Å². The van der Waals surface area contributed by atoms with Crippen molar-refractivity contribution < 1.29 is 9.53 Å². The fraction of sp³-hybridized carbons (Fsp3) is 0.455. The van der Waals surface area contributed by atoms with Crippen LogP contribution in [0.25, 0.3) is 0 Å². The molecule has 1 amide bonds. The molecule has 17 heavy (non-hydrogen) atoms. The van der Waals surface area contributed by atoms with Gasteiger partial charge in [0.25, 0.3) is 5.91 Å². The molecular weight excluding hydrogens is 238 g/mol. The van der Waals surface area contributed by atoms with Gasteiger partial charge in [-0.2, -0.15) is 0 Å². The van der Waals surface area contributed by atoms with Crippen LogP contribution >= 0.6 is 11.8 Å². The van der Waals surface area contributed by atoms with Crippen molar-refractivity contribution in [3.8, 4) is 0 Å². The average molecular weight is 253 g/mol. The number of hydrogen-bond acceptors (Lipinski definition) is 5. The van der Waals surface area contributed by atoms with E-state index in [1.807, 2.05) is 0 Å².